The van der Waals surface area contributed by atoms with Crippen LogP contribution in [-0.4, -0.2) is 40.2 Å². The van der Waals surface area contributed by atoms with E-state index in [1.54, 1.807) is 0 Å². The van der Waals surface area contributed by atoms with Crippen molar-refractivity contribution in [1.29, 1.82) is 0 Å². The molecule has 28 heavy (non-hydrogen) atoms. The molecule has 3 aromatic rings. The van der Waals surface area contributed by atoms with Gasteiger partial charge in [-0.25, -0.2) is 4.68 Å². The molecule has 0 amide bonds. The molecule has 1 fully saturated rings. The topological polar surface area (TPSA) is 59.3 Å². The monoisotopic (exact) mass is 397 g/mol. The molecule has 0 atom stereocenters. The Balaban J connectivity index is 1.57. The van der Waals surface area contributed by atoms with Gasteiger partial charge in [0.05, 0.1) is 17.0 Å². The number of hydrogen-bond donors (Lipinski definition) is 2. The van der Waals surface area contributed by atoms with E-state index in [1.165, 1.54) is 0 Å². The molecule has 6 heteroatoms. The molecule has 146 valence electrons. The summed E-state index contributed by atoms with van der Waals surface area (Å²) >= 11 is 6.05. The molecule has 0 radical (unpaired) electrons. The van der Waals surface area contributed by atoms with Gasteiger partial charge in [-0.1, -0.05) is 41.9 Å². The summed E-state index contributed by atoms with van der Waals surface area (Å²) in [6.45, 7) is 2.38. The first kappa shape index (κ1) is 19.2. The number of nitrogens with zero attached hydrogens (tertiary/aromatic N) is 2. The Hall–Kier alpha value is -2.18. The van der Waals surface area contributed by atoms with Crippen LogP contribution in [0.1, 0.15) is 18.4 Å². The zero-order valence-electron chi connectivity index (χ0n) is 15.6. The van der Waals surface area contributed by atoms with Crippen molar-refractivity contribution in [3.05, 3.63) is 71.4 Å². The number of para-hydroxylation sites is 1. The van der Waals surface area contributed by atoms with Gasteiger partial charge in [0.1, 0.15) is 0 Å². The molecule has 5 nitrogen and oxygen atoms in total. The zero-order valence-corrected chi connectivity index (χ0v) is 16.4. The third-order valence-corrected chi connectivity index (χ3v) is 5.37. The maximum absolute atomic E-state index is 10.7. The van der Waals surface area contributed by atoms with E-state index in [9.17, 15) is 5.11 Å². The Kier molecular flexibility index (Phi) is 5.78. The van der Waals surface area contributed by atoms with Gasteiger partial charge in [0.25, 0.3) is 0 Å². The van der Waals surface area contributed by atoms with Gasteiger partial charge in [-0.15, -0.1) is 0 Å². The predicted molar refractivity (Wildman–Crippen MR) is 111 cm³/mol. The van der Waals surface area contributed by atoms with Crippen LogP contribution in [-0.2, 0) is 11.3 Å². The number of aromatic nitrogens is 2. The van der Waals surface area contributed by atoms with Gasteiger partial charge in [-0.2, -0.15) is 5.10 Å². The first-order valence-corrected chi connectivity index (χ1v) is 9.92. The van der Waals surface area contributed by atoms with Crippen LogP contribution < -0.4 is 5.32 Å². The summed E-state index contributed by atoms with van der Waals surface area (Å²) in [5, 5.41) is 19.6. The predicted octanol–water partition coefficient (Wildman–Crippen LogP) is 3.82. The van der Waals surface area contributed by atoms with Crippen LogP contribution in [0.15, 0.2) is 60.8 Å². The molecular weight excluding hydrogens is 374 g/mol. The Morgan fingerprint density at radius 1 is 1.07 bits per heavy atom. The molecule has 0 spiro atoms. The highest BCUT2D eigenvalue weighted by molar-refractivity contribution is 6.30. The van der Waals surface area contributed by atoms with E-state index >= 15 is 0 Å². The Labute approximate surface area is 169 Å². The zero-order chi connectivity index (χ0) is 19.4. The normalized spacial score (nSPS) is 16.2. The van der Waals surface area contributed by atoms with E-state index in [2.05, 4.69) is 5.32 Å². The second-order valence-corrected chi connectivity index (χ2v) is 7.67. The molecule has 0 bridgehead atoms. The minimum absolute atomic E-state index is 0.535. The fourth-order valence-corrected chi connectivity index (χ4v) is 3.59. The van der Waals surface area contributed by atoms with Crippen LogP contribution in [0, 0.1) is 0 Å². The van der Waals surface area contributed by atoms with Crippen molar-refractivity contribution < 1.29 is 9.84 Å². The molecule has 2 N–H and O–H groups in total. The van der Waals surface area contributed by atoms with Gasteiger partial charge in [0.2, 0.25) is 0 Å². The number of nitrogens with one attached hydrogen (secondary N) is 1. The fourth-order valence-electron chi connectivity index (χ4n) is 3.46. The van der Waals surface area contributed by atoms with Gasteiger partial charge < -0.3 is 15.2 Å². The van der Waals surface area contributed by atoms with Crippen LogP contribution in [0.25, 0.3) is 16.9 Å². The van der Waals surface area contributed by atoms with Crippen molar-refractivity contribution >= 4 is 11.6 Å². The third kappa shape index (κ3) is 4.45. The maximum Gasteiger partial charge on any atom is 0.0972 e. The van der Waals surface area contributed by atoms with Crippen LogP contribution in [0.2, 0.25) is 5.02 Å². The van der Waals surface area contributed by atoms with Crippen molar-refractivity contribution in [2.45, 2.75) is 25.0 Å². The van der Waals surface area contributed by atoms with Crippen molar-refractivity contribution in [3.63, 3.8) is 0 Å². The van der Waals surface area contributed by atoms with Crippen molar-refractivity contribution in [2.24, 2.45) is 0 Å². The van der Waals surface area contributed by atoms with Gasteiger partial charge >= 0.3 is 0 Å². The lowest BCUT2D eigenvalue weighted by Gasteiger charge is -2.32. The first-order chi connectivity index (χ1) is 13.6. The van der Waals surface area contributed by atoms with E-state index in [-0.39, 0.29) is 0 Å². The number of ether oxygens (including phenoxy) is 1. The highest BCUT2D eigenvalue weighted by Crippen LogP contribution is 2.26. The second-order valence-electron chi connectivity index (χ2n) is 7.23. The van der Waals surface area contributed by atoms with Gasteiger partial charge in [-0.3, -0.25) is 0 Å². The van der Waals surface area contributed by atoms with Crippen molar-refractivity contribution in [3.8, 4) is 16.9 Å². The third-order valence-electron chi connectivity index (χ3n) is 5.12. The Morgan fingerprint density at radius 2 is 1.79 bits per heavy atom. The lowest BCUT2D eigenvalue weighted by atomic mass is 9.94. The van der Waals surface area contributed by atoms with E-state index in [0.29, 0.717) is 44.2 Å². The standard InChI is InChI=1S/C22H24ClN3O2/c23-19-8-6-17(7-9-19)21-18(14-24-16-22(27)10-12-28-13-11-22)15-26(25-21)20-4-2-1-3-5-20/h1-9,15,24,27H,10-14,16H2. The maximum atomic E-state index is 10.7. The van der Waals surface area contributed by atoms with Crippen molar-refractivity contribution in [1.82, 2.24) is 15.1 Å². The number of aliphatic hydroxyl groups is 1. The summed E-state index contributed by atoms with van der Waals surface area (Å²) in [7, 11) is 0. The van der Waals surface area contributed by atoms with Gasteiger partial charge in [-0.05, 0) is 24.3 Å². The van der Waals surface area contributed by atoms with E-state index in [0.717, 1.165) is 22.5 Å². The largest absolute Gasteiger partial charge is 0.388 e. The molecule has 1 saturated heterocycles. The van der Waals surface area contributed by atoms with Crippen LogP contribution in [0.3, 0.4) is 0 Å². The molecule has 0 saturated carbocycles. The molecule has 1 aliphatic heterocycles. The summed E-state index contributed by atoms with van der Waals surface area (Å²) in [5.41, 5.74) is 3.30. The summed E-state index contributed by atoms with van der Waals surface area (Å²) in [4.78, 5) is 0. The summed E-state index contributed by atoms with van der Waals surface area (Å²) in [6.07, 6.45) is 3.36. The average molecular weight is 398 g/mol. The smallest absolute Gasteiger partial charge is 0.0972 e. The fraction of sp³-hybridized carbons (Fsp3) is 0.318. The lowest BCUT2D eigenvalue weighted by molar-refractivity contribution is -0.0616. The summed E-state index contributed by atoms with van der Waals surface area (Å²) in [5.74, 6) is 0. The minimum Gasteiger partial charge on any atom is -0.388 e. The minimum atomic E-state index is -0.700. The van der Waals surface area contributed by atoms with Crippen molar-refractivity contribution in [2.75, 3.05) is 19.8 Å². The van der Waals surface area contributed by atoms with Crippen LogP contribution >= 0.6 is 11.6 Å². The molecule has 2 heterocycles. The van der Waals surface area contributed by atoms with Gasteiger partial charge in [0.15, 0.2) is 0 Å². The average Bonchev–Trinajstić information content (AvgIpc) is 3.14. The quantitative estimate of drug-likeness (QED) is 0.663. The Morgan fingerprint density at radius 3 is 2.50 bits per heavy atom. The molecule has 1 aromatic heterocycles. The van der Waals surface area contributed by atoms with Crippen LogP contribution in [0.5, 0.6) is 0 Å². The number of rotatable bonds is 6. The highest BCUT2D eigenvalue weighted by atomic mass is 35.5. The van der Waals surface area contributed by atoms with E-state index in [4.69, 9.17) is 21.4 Å². The molecule has 0 unspecified atom stereocenters. The summed E-state index contributed by atoms with van der Waals surface area (Å²) < 4.78 is 7.25. The SMILES string of the molecule is OC1(CNCc2cn(-c3ccccc3)nc2-c2ccc(Cl)cc2)CCOCC1. The molecule has 0 aliphatic carbocycles. The molecule has 2 aromatic carbocycles. The van der Waals surface area contributed by atoms with E-state index < -0.39 is 5.60 Å². The number of halogens is 1. The van der Waals surface area contributed by atoms with Gasteiger partial charge in [0, 0.05) is 61.5 Å². The molecular formula is C22H24ClN3O2. The van der Waals surface area contributed by atoms with E-state index in [1.807, 2.05) is 65.5 Å². The number of benzene rings is 2. The summed E-state index contributed by atoms with van der Waals surface area (Å²) in [6, 6.07) is 17.8. The molecule has 1 aliphatic rings. The molecule has 4 rings (SSSR count). The first-order valence-electron chi connectivity index (χ1n) is 9.54. The number of hydrogen-bond acceptors (Lipinski definition) is 4. The lowest BCUT2D eigenvalue weighted by Crippen LogP contribution is -2.44. The highest BCUT2D eigenvalue weighted by Gasteiger charge is 2.29. The second kappa shape index (κ2) is 8.45. The Bertz CT molecular complexity index is 903. The van der Waals surface area contributed by atoms with Crippen LogP contribution in [0.4, 0.5) is 0 Å².